The second-order valence-corrected chi connectivity index (χ2v) is 10.2. The van der Waals surface area contributed by atoms with Crippen molar-refractivity contribution >= 4 is 27.5 Å². The van der Waals surface area contributed by atoms with E-state index in [-0.39, 0.29) is 18.3 Å². The number of amides is 1. The van der Waals surface area contributed by atoms with Crippen LogP contribution in [0.25, 0.3) is 0 Å². The predicted octanol–water partition coefficient (Wildman–Crippen LogP) is 1.77. The van der Waals surface area contributed by atoms with Crippen molar-refractivity contribution in [3.8, 4) is 0 Å². The van der Waals surface area contributed by atoms with Crippen molar-refractivity contribution < 1.29 is 17.6 Å². The molecule has 1 aliphatic rings. The Kier molecular flexibility index (Phi) is 8.65. The first-order valence-corrected chi connectivity index (χ1v) is 12.4. The summed E-state index contributed by atoms with van der Waals surface area (Å²) < 4.78 is 41.5. The van der Waals surface area contributed by atoms with E-state index in [1.54, 1.807) is 42.5 Å². The van der Waals surface area contributed by atoms with Crippen LogP contribution in [0.15, 0.2) is 54.6 Å². The molecule has 1 heterocycles. The molecule has 180 valence electrons. The Morgan fingerprint density at radius 3 is 2.27 bits per heavy atom. The van der Waals surface area contributed by atoms with Gasteiger partial charge in [-0.1, -0.05) is 30.3 Å². The molecule has 0 aromatic heterocycles. The van der Waals surface area contributed by atoms with Gasteiger partial charge in [-0.25, -0.2) is 8.70 Å². The summed E-state index contributed by atoms with van der Waals surface area (Å²) in [5.41, 5.74) is 1.08. The average molecular weight is 478 g/mol. The summed E-state index contributed by atoms with van der Waals surface area (Å²) in [6, 6.07) is 15.4. The predicted molar refractivity (Wildman–Crippen MR) is 129 cm³/mol. The Balaban J connectivity index is 1.43. The van der Waals surface area contributed by atoms with Gasteiger partial charge in [0.1, 0.15) is 12.4 Å². The average Bonchev–Trinajstić information content (AvgIpc) is 2.81. The van der Waals surface area contributed by atoms with Crippen LogP contribution in [-0.4, -0.2) is 83.4 Å². The van der Waals surface area contributed by atoms with E-state index >= 15 is 0 Å². The molecule has 0 radical (unpaired) electrons. The van der Waals surface area contributed by atoms with Gasteiger partial charge < -0.3 is 10.2 Å². The molecule has 0 bridgehead atoms. The van der Waals surface area contributed by atoms with E-state index in [1.165, 1.54) is 20.2 Å². The van der Waals surface area contributed by atoms with Crippen molar-refractivity contribution in [3.05, 3.63) is 60.4 Å². The fourth-order valence-corrected chi connectivity index (χ4v) is 4.80. The summed E-state index contributed by atoms with van der Waals surface area (Å²) in [7, 11) is -0.921. The first-order chi connectivity index (χ1) is 15.8. The summed E-state index contributed by atoms with van der Waals surface area (Å²) in [4.78, 5) is 16.8. The summed E-state index contributed by atoms with van der Waals surface area (Å²) in [5, 5.41) is 2.83. The van der Waals surface area contributed by atoms with E-state index < -0.39 is 10.2 Å². The molecule has 1 aliphatic heterocycles. The lowest BCUT2D eigenvalue weighted by Crippen LogP contribution is -2.48. The molecule has 1 N–H and O–H groups in total. The number of carbonyl (C=O) groups is 1. The lowest BCUT2D eigenvalue weighted by Gasteiger charge is -2.36. The maximum Gasteiger partial charge on any atom is 0.304 e. The molecule has 8 nitrogen and oxygen atoms in total. The third-order valence-electron chi connectivity index (χ3n) is 5.61. The van der Waals surface area contributed by atoms with Crippen molar-refractivity contribution in [2.24, 2.45) is 0 Å². The summed E-state index contributed by atoms with van der Waals surface area (Å²) in [5.74, 6) is -0.553. The standard InChI is InChI=1S/C23H32FN5O3S/c1-26(2)33(31,32)29(20-9-4-3-5-10-20)19-23(30)25-13-8-14-27-15-17-28(18-16-27)22-12-7-6-11-21(22)24/h3-7,9-12H,8,13-19H2,1-2H3,(H,25,30). The van der Waals surface area contributed by atoms with E-state index in [1.807, 2.05) is 6.07 Å². The third kappa shape index (κ3) is 6.66. The van der Waals surface area contributed by atoms with Crippen LogP contribution in [0.4, 0.5) is 15.8 Å². The van der Waals surface area contributed by atoms with Crippen LogP contribution in [0.5, 0.6) is 0 Å². The molecular formula is C23H32FN5O3S. The highest BCUT2D eigenvalue weighted by molar-refractivity contribution is 7.90. The van der Waals surface area contributed by atoms with Gasteiger partial charge in [0, 0.05) is 46.8 Å². The minimum Gasteiger partial charge on any atom is -0.367 e. The number of anilines is 2. The first-order valence-electron chi connectivity index (χ1n) is 11.0. The number of nitrogens with zero attached hydrogens (tertiary/aromatic N) is 4. The molecule has 1 fully saturated rings. The molecule has 1 saturated heterocycles. The zero-order valence-corrected chi connectivity index (χ0v) is 20.0. The minimum atomic E-state index is -3.80. The molecule has 10 heteroatoms. The highest BCUT2D eigenvalue weighted by Crippen LogP contribution is 2.20. The van der Waals surface area contributed by atoms with Gasteiger partial charge in [-0.05, 0) is 37.2 Å². The largest absolute Gasteiger partial charge is 0.367 e. The van der Waals surface area contributed by atoms with E-state index in [4.69, 9.17) is 0 Å². The molecule has 0 saturated carbocycles. The minimum absolute atomic E-state index is 0.200. The molecule has 0 spiro atoms. The van der Waals surface area contributed by atoms with Gasteiger partial charge in [-0.2, -0.15) is 12.7 Å². The van der Waals surface area contributed by atoms with Crippen LogP contribution in [-0.2, 0) is 15.0 Å². The molecule has 2 aromatic carbocycles. The number of nitrogens with one attached hydrogen (secondary N) is 1. The van der Waals surface area contributed by atoms with Crippen LogP contribution in [0, 0.1) is 5.82 Å². The summed E-state index contributed by atoms with van der Waals surface area (Å²) >= 11 is 0. The van der Waals surface area contributed by atoms with Gasteiger partial charge in [0.15, 0.2) is 0 Å². The van der Waals surface area contributed by atoms with Gasteiger partial charge in [-0.3, -0.25) is 9.69 Å². The third-order valence-corrected chi connectivity index (χ3v) is 7.43. The highest BCUT2D eigenvalue weighted by Gasteiger charge is 2.27. The zero-order chi connectivity index (χ0) is 23.8. The van der Waals surface area contributed by atoms with Crippen molar-refractivity contribution in [2.75, 3.05) is 69.1 Å². The number of carbonyl (C=O) groups excluding carboxylic acids is 1. The Hall–Kier alpha value is -2.69. The molecule has 0 unspecified atom stereocenters. The Morgan fingerprint density at radius 2 is 1.64 bits per heavy atom. The maximum atomic E-state index is 14.0. The number of hydrogen-bond acceptors (Lipinski definition) is 5. The molecule has 3 rings (SSSR count). The van der Waals surface area contributed by atoms with E-state index in [0.29, 0.717) is 17.9 Å². The Bertz CT molecular complexity index is 1010. The second-order valence-electron chi connectivity index (χ2n) is 8.12. The SMILES string of the molecule is CN(C)S(=O)(=O)N(CC(=O)NCCCN1CCN(c2ccccc2F)CC1)c1ccccc1. The monoisotopic (exact) mass is 477 g/mol. The summed E-state index contributed by atoms with van der Waals surface area (Å²) in [6.07, 6.45) is 0.747. The maximum absolute atomic E-state index is 14.0. The molecule has 2 aromatic rings. The zero-order valence-electron chi connectivity index (χ0n) is 19.2. The van der Waals surface area contributed by atoms with Gasteiger partial charge in [0.2, 0.25) is 5.91 Å². The molecule has 33 heavy (non-hydrogen) atoms. The summed E-state index contributed by atoms with van der Waals surface area (Å²) in [6.45, 7) is 4.13. The number of hydrogen-bond donors (Lipinski definition) is 1. The van der Waals surface area contributed by atoms with E-state index in [9.17, 15) is 17.6 Å². The number of benzene rings is 2. The van der Waals surface area contributed by atoms with E-state index in [2.05, 4.69) is 15.1 Å². The van der Waals surface area contributed by atoms with Crippen LogP contribution in [0.3, 0.4) is 0 Å². The first kappa shape index (κ1) is 24.9. The van der Waals surface area contributed by atoms with Gasteiger partial charge in [0.25, 0.3) is 0 Å². The Labute approximate surface area is 195 Å². The van der Waals surface area contributed by atoms with Crippen LogP contribution < -0.4 is 14.5 Å². The van der Waals surface area contributed by atoms with Crippen LogP contribution in [0.2, 0.25) is 0 Å². The number of para-hydroxylation sites is 2. The molecule has 0 atom stereocenters. The molecule has 0 aliphatic carbocycles. The fourth-order valence-electron chi connectivity index (χ4n) is 3.73. The van der Waals surface area contributed by atoms with E-state index in [0.717, 1.165) is 47.8 Å². The Morgan fingerprint density at radius 1 is 1.00 bits per heavy atom. The van der Waals surface area contributed by atoms with Crippen molar-refractivity contribution in [3.63, 3.8) is 0 Å². The van der Waals surface area contributed by atoms with Crippen molar-refractivity contribution in [2.45, 2.75) is 6.42 Å². The van der Waals surface area contributed by atoms with Crippen LogP contribution >= 0.6 is 0 Å². The quantitative estimate of drug-likeness (QED) is 0.528. The number of rotatable bonds is 10. The normalized spacial score (nSPS) is 15.0. The van der Waals surface area contributed by atoms with Gasteiger partial charge >= 0.3 is 10.2 Å². The topological polar surface area (TPSA) is 76.2 Å². The number of piperazine rings is 1. The number of halogens is 1. The second kappa shape index (κ2) is 11.4. The van der Waals surface area contributed by atoms with Gasteiger partial charge in [-0.15, -0.1) is 0 Å². The highest BCUT2D eigenvalue weighted by atomic mass is 32.2. The molecular weight excluding hydrogens is 445 g/mol. The lowest BCUT2D eigenvalue weighted by molar-refractivity contribution is -0.119. The van der Waals surface area contributed by atoms with Crippen molar-refractivity contribution in [1.82, 2.24) is 14.5 Å². The lowest BCUT2D eigenvalue weighted by atomic mass is 10.2. The molecule has 1 amide bonds. The van der Waals surface area contributed by atoms with Crippen LogP contribution in [0.1, 0.15) is 6.42 Å². The van der Waals surface area contributed by atoms with Gasteiger partial charge in [0.05, 0.1) is 11.4 Å². The smallest absolute Gasteiger partial charge is 0.304 e. The fraction of sp³-hybridized carbons (Fsp3) is 0.435. The van der Waals surface area contributed by atoms with Crippen molar-refractivity contribution in [1.29, 1.82) is 0 Å².